The third kappa shape index (κ3) is 2.92. The fourth-order valence-electron chi connectivity index (χ4n) is 2.27. The zero-order valence-electron chi connectivity index (χ0n) is 12.0. The second-order valence-corrected chi connectivity index (χ2v) is 6.12. The van der Waals surface area contributed by atoms with Gasteiger partial charge in [-0.2, -0.15) is 0 Å². The molecule has 18 heavy (non-hydrogen) atoms. The number of carbonyl (C=O) groups is 2. The third-order valence-corrected chi connectivity index (χ3v) is 3.13. The number of carbonyl (C=O) groups excluding carboxylic acids is 2. The number of amides is 1. The molecule has 1 amide bonds. The molecule has 0 saturated carbocycles. The standard InChI is InChI=1S/C14H23NO3/c1-10(2)11(16)14(6)8-7-9-15(14)12(17)18-13(3,4)5/h1,7-9H2,2-6H3/t14-/m0/s1. The van der Waals surface area contributed by atoms with E-state index in [0.29, 0.717) is 18.5 Å². The van der Waals surface area contributed by atoms with Crippen molar-refractivity contribution in [3.8, 4) is 0 Å². The lowest BCUT2D eigenvalue weighted by atomic mass is 9.90. The van der Waals surface area contributed by atoms with Crippen molar-refractivity contribution in [1.82, 2.24) is 4.90 Å². The van der Waals surface area contributed by atoms with Gasteiger partial charge in [0.15, 0.2) is 5.78 Å². The van der Waals surface area contributed by atoms with Gasteiger partial charge in [0.05, 0.1) is 0 Å². The Morgan fingerprint density at radius 3 is 2.33 bits per heavy atom. The van der Waals surface area contributed by atoms with Crippen LogP contribution in [0.4, 0.5) is 4.79 Å². The van der Waals surface area contributed by atoms with Gasteiger partial charge in [-0.3, -0.25) is 9.69 Å². The molecule has 0 radical (unpaired) electrons. The highest BCUT2D eigenvalue weighted by Gasteiger charge is 2.46. The van der Waals surface area contributed by atoms with E-state index in [1.807, 2.05) is 20.8 Å². The summed E-state index contributed by atoms with van der Waals surface area (Å²) in [4.78, 5) is 25.9. The van der Waals surface area contributed by atoms with E-state index in [1.54, 1.807) is 13.8 Å². The first-order valence-electron chi connectivity index (χ1n) is 6.29. The average Bonchev–Trinajstić information content (AvgIpc) is 2.57. The molecule has 1 saturated heterocycles. The van der Waals surface area contributed by atoms with Gasteiger partial charge in [0.1, 0.15) is 11.1 Å². The van der Waals surface area contributed by atoms with Crippen molar-refractivity contribution < 1.29 is 14.3 Å². The molecule has 4 heteroatoms. The number of rotatable bonds is 2. The Labute approximate surface area is 109 Å². The van der Waals surface area contributed by atoms with Gasteiger partial charge >= 0.3 is 6.09 Å². The number of hydrogen-bond donors (Lipinski definition) is 0. The lowest BCUT2D eigenvalue weighted by Crippen LogP contribution is -2.52. The molecule has 0 aromatic carbocycles. The highest BCUT2D eigenvalue weighted by atomic mass is 16.6. The minimum absolute atomic E-state index is 0.0779. The normalized spacial score (nSPS) is 23.9. The van der Waals surface area contributed by atoms with Crippen molar-refractivity contribution in [3.63, 3.8) is 0 Å². The summed E-state index contributed by atoms with van der Waals surface area (Å²) in [5, 5.41) is 0. The van der Waals surface area contributed by atoms with Crippen molar-refractivity contribution >= 4 is 11.9 Å². The highest BCUT2D eigenvalue weighted by Crippen LogP contribution is 2.33. The van der Waals surface area contributed by atoms with E-state index in [2.05, 4.69) is 6.58 Å². The van der Waals surface area contributed by atoms with Crippen LogP contribution in [0, 0.1) is 0 Å². The van der Waals surface area contributed by atoms with Gasteiger partial charge in [-0.05, 0) is 53.0 Å². The largest absolute Gasteiger partial charge is 0.444 e. The van der Waals surface area contributed by atoms with Gasteiger partial charge in [-0.1, -0.05) is 6.58 Å². The molecule has 1 fully saturated rings. The van der Waals surface area contributed by atoms with Gasteiger partial charge in [0.25, 0.3) is 0 Å². The molecule has 0 spiro atoms. The van der Waals surface area contributed by atoms with E-state index in [9.17, 15) is 9.59 Å². The first-order valence-corrected chi connectivity index (χ1v) is 6.29. The van der Waals surface area contributed by atoms with Crippen LogP contribution in [0.1, 0.15) is 47.5 Å². The maximum Gasteiger partial charge on any atom is 0.411 e. The Kier molecular flexibility index (Phi) is 3.89. The Morgan fingerprint density at radius 1 is 1.33 bits per heavy atom. The molecule has 1 heterocycles. The molecule has 1 atom stereocenters. The Bertz CT molecular complexity index is 381. The summed E-state index contributed by atoms with van der Waals surface area (Å²) in [5.74, 6) is -0.0779. The van der Waals surface area contributed by atoms with E-state index in [0.717, 1.165) is 6.42 Å². The van der Waals surface area contributed by atoms with Crippen LogP contribution in [0.2, 0.25) is 0 Å². The topological polar surface area (TPSA) is 46.6 Å². The molecule has 4 nitrogen and oxygen atoms in total. The maximum absolute atomic E-state index is 12.2. The van der Waals surface area contributed by atoms with Crippen LogP contribution >= 0.6 is 0 Å². The molecular formula is C14H23NO3. The molecule has 0 N–H and O–H groups in total. The molecule has 1 rings (SSSR count). The van der Waals surface area contributed by atoms with Crippen LogP contribution in [-0.2, 0) is 9.53 Å². The Balaban J connectivity index is 2.91. The summed E-state index contributed by atoms with van der Waals surface area (Å²) in [7, 11) is 0. The number of ether oxygens (including phenoxy) is 1. The van der Waals surface area contributed by atoms with Crippen molar-refractivity contribution in [3.05, 3.63) is 12.2 Å². The van der Waals surface area contributed by atoms with Gasteiger partial charge in [-0.25, -0.2) is 4.79 Å². The van der Waals surface area contributed by atoms with Crippen LogP contribution in [0.25, 0.3) is 0 Å². The zero-order chi connectivity index (χ0) is 14.1. The van der Waals surface area contributed by atoms with Crippen LogP contribution in [0.3, 0.4) is 0 Å². The fourth-order valence-corrected chi connectivity index (χ4v) is 2.27. The molecule has 0 aromatic rings. The van der Waals surface area contributed by atoms with Crippen LogP contribution < -0.4 is 0 Å². The van der Waals surface area contributed by atoms with E-state index in [-0.39, 0.29) is 5.78 Å². The van der Waals surface area contributed by atoms with E-state index >= 15 is 0 Å². The summed E-state index contributed by atoms with van der Waals surface area (Å²) >= 11 is 0. The van der Waals surface area contributed by atoms with Gasteiger partial charge in [-0.15, -0.1) is 0 Å². The smallest absolute Gasteiger partial charge is 0.411 e. The zero-order valence-corrected chi connectivity index (χ0v) is 12.0. The van der Waals surface area contributed by atoms with Crippen LogP contribution in [-0.4, -0.2) is 34.5 Å². The molecule has 0 bridgehead atoms. The number of hydrogen-bond acceptors (Lipinski definition) is 3. The monoisotopic (exact) mass is 253 g/mol. The van der Waals surface area contributed by atoms with Crippen molar-refractivity contribution in [2.75, 3.05) is 6.54 Å². The van der Waals surface area contributed by atoms with Crippen molar-refractivity contribution in [2.24, 2.45) is 0 Å². The van der Waals surface area contributed by atoms with Gasteiger partial charge in [0.2, 0.25) is 0 Å². The van der Waals surface area contributed by atoms with E-state index in [4.69, 9.17) is 4.74 Å². The molecule has 0 unspecified atom stereocenters. The Morgan fingerprint density at radius 2 is 1.89 bits per heavy atom. The van der Waals surface area contributed by atoms with Crippen LogP contribution in [0.5, 0.6) is 0 Å². The number of ketones is 1. The Hall–Kier alpha value is -1.32. The number of Topliss-reactive ketones (excluding diaryl/α,β-unsaturated/α-hetero) is 1. The SMILES string of the molecule is C=C(C)C(=O)[C@]1(C)CCCN1C(=O)OC(C)(C)C. The second-order valence-electron chi connectivity index (χ2n) is 6.12. The fraction of sp³-hybridized carbons (Fsp3) is 0.714. The molecule has 0 aromatic heterocycles. The van der Waals surface area contributed by atoms with Gasteiger partial charge < -0.3 is 4.74 Å². The minimum atomic E-state index is -0.797. The lowest BCUT2D eigenvalue weighted by molar-refractivity contribution is -0.124. The molecular weight excluding hydrogens is 230 g/mol. The summed E-state index contributed by atoms with van der Waals surface area (Å²) in [5.41, 5.74) is -0.867. The quantitative estimate of drug-likeness (QED) is 0.711. The van der Waals surface area contributed by atoms with Crippen molar-refractivity contribution in [2.45, 2.75) is 58.6 Å². The van der Waals surface area contributed by atoms with Gasteiger partial charge in [0, 0.05) is 6.54 Å². The van der Waals surface area contributed by atoms with Crippen LogP contribution in [0.15, 0.2) is 12.2 Å². The summed E-state index contributed by atoms with van der Waals surface area (Å²) in [6.45, 7) is 13.2. The predicted octanol–water partition coefficient (Wildman–Crippen LogP) is 2.92. The first-order chi connectivity index (χ1) is 8.08. The first kappa shape index (κ1) is 14.7. The third-order valence-electron chi connectivity index (χ3n) is 3.13. The lowest BCUT2D eigenvalue weighted by Gasteiger charge is -2.35. The average molecular weight is 253 g/mol. The molecule has 0 aliphatic carbocycles. The maximum atomic E-state index is 12.2. The highest BCUT2D eigenvalue weighted by molar-refractivity contribution is 6.03. The summed E-state index contributed by atoms with van der Waals surface area (Å²) < 4.78 is 5.35. The molecule has 1 aliphatic rings. The minimum Gasteiger partial charge on any atom is -0.444 e. The summed E-state index contributed by atoms with van der Waals surface area (Å²) in [6, 6.07) is 0. The van der Waals surface area contributed by atoms with Crippen molar-refractivity contribution in [1.29, 1.82) is 0 Å². The summed E-state index contributed by atoms with van der Waals surface area (Å²) in [6.07, 6.45) is 1.06. The number of nitrogens with zero attached hydrogens (tertiary/aromatic N) is 1. The molecule has 102 valence electrons. The molecule has 1 aliphatic heterocycles. The number of likely N-dealkylation sites (tertiary alicyclic amines) is 1. The van der Waals surface area contributed by atoms with E-state index < -0.39 is 17.2 Å². The second kappa shape index (κ2) is 4.75. The predicted molar refractivity (Wildman–Crippen MR) is 70.4 cm³/mol. The van der Waals surface area contributed by atoms with E-state index in [1.165, 1.54) is 4.90 Å².